The van der Waals surface area contributed by atoms with Crippen LogP contribution in [-0.2, 0) is 0 Å². The Kier molecular flexibility index (Phi) is 3.79. The second-order valence-electron chi connectivity index (χ2n) is 7.92. The van der Waals surface area contributed by atoms with Crippen LogP contribution in [0.4, 0.5) is 0 Å². The first-order chi connectivity index (χ1) is 9.09. The summed E-state index contributed by atoms with van der Waals surface area (Å²) in [5.74, 6) is 0.782. The number of hydrogen-bond donors (Lipinski definition) is 1. The van der Waals surface area contributed by atoms with Crippen molar-refractivity contribution in [2.45, 2.75) is 61.4 Å². The van der Waals surface area contributed by atoms with E-state index < -0.39 is 0 Å². The van der Waals surface area contributed by atoms with Crippen molar-refractivity contribution in [1.82, 2.24) is 5.32 Å². The molecule has 1 heteroatoms. The van der Waals surface area contributed by atoms with Gasteiger partial charge in [0.2, 0.25) is 0 Å². The molecule has 1 N–H and O–H groups in total. The normalized spacial score (nSPS) is 21.8. The number of benzene rings is 1. The molecule has 2 rings (SSSR count). The van der Waals surface area contributed by atoms with E-state index in [0.29, 0.717) is 16.9 Å². The largest absolute Gasteiger partial charge is 0.310 e. The molecule has 1 aromatic rings. The van der Waals surface area contributed by atoms with Gasteiger partial charge >= 0.3 is 0 Å². The average Bonchev–Trinajstić information content (AvgIpc) is 2.71. The number of nitrogens with one attached hydrogen (secondary N) is 1. The van der Waals surface area contributed by atoms with E-state index in [1.54, 1.807) is 0 Å². The van der Waals surface area contributed by atoms with Gasteiger partial charge in [-0.05, 0) is 73.2 Å². The average molecular weight is 273 g/mol. The van der Waals surface area contributed by atoms with E-state index in [9.17, 15) is 0 Å². The quantitative estimate of drug-likeness (QED) is 0.819. The van der Waals surface area contributed by atoms with Gasteiger partial charge in [0.1, 0.15) is 0 Å². The zero-order valence-electron chi connectivity index (χ0n) is 14.5. The van der Waals surface area contributed by atoms with Crippen molar-refractivity contribution in [3.8, 4) is 0 Å². The van der Waals surface area contributed by atoms with Crippen molar-refractivity contribution in [3.63, 3.8) is 0 Å². The third kappa shape index (κ3) is 2.41. The molecule has 0 spiro atoms. The standard InChI is InChI=1S/C19H31N/c1-12-9-14(3)16(10-13(12)2)15(4)20-11-17-18(5,6)19(17,7)8/h9-10,15,17,20H,11H2,1-8H3. The summed E-state index contributed by atoms with van der Waals surface area (Å²) >= 11 is 0. The van der Waals surface area contributed by atoms with Gasteiger partial charge in [0.15, 0.2) is 0 Å². The first kappa shape index (κ1) is 15.6. The lowest BCUT2D eigenvalue weighted by Crippen LogP contribution is -2.23. The van der Waals surface area contributed by atoms with Crippen LogP contribution in [0, 0.1) is 37.5 Å². The molecule has 0 radical (unpaired) electrons. The van der Waals surface area contributed by atoms with Gasteiger partial charge in [-0.1, -0.05) is 39.8 Å². The zero-order chi connectivity index (χ0) is 15.3. The molecular formula is C19H31N. The molecule has 112 valence electrons. The van der Waals surface area contributed by atoms with Crippen LogP contribution in [0.3, 0.4) is 0 Å². The van der Waals surface area contributed by atoms with Crippen molar-refractivity contribution in [1.29, 1.82) is 0 Å². The summed E-state index contributed by atoms with van der Waals surface area (Å²) < 4.78 is 0. The molecule has 1 atom stereocenters. The first-order valence-electron chi connectivity index (χ1n) is 7.90. The maximum atomic E-state index is 3.76. The maximum absolute atomic E-state index is 3.76. The minimum atomic E-state index is 0.432. The summed E-state index contributed by atoms with van der Waals surface area (Å²) in [6, 6.07) is 5.10. The summed E-state index contributed by atoms with van der Waals surface area (Å²) in [5.41, 5.74) is 6.58. The smallest absolute Gasteiger partial charge is 0.0294 e. The molecule has 1 aromatic carbocycles. The van der Waals surface area contributed by atoms with Gasteiger partial charge in [0.25, 0.3) is 0 Å². The molecule has 1 aliphatic carbocycles. The van der Waals surface area contributed by atoms with E-state index in [1.807, 2.05) is 0 Å². The Hall–Kier alpha value is -0.820. The zero-order valence-corrected chi connectivity index (χ0v) is 14.5. The molecule has 1 aliphatic rings. The summed E-state index contributed by atoms with van der Waals surface area (Å²) in [7, 11) is 0. The van der Waals surface area contributed by atoms with Gasteiger partial charge in [0, 0.05) is 6.04 Å². The summed E-state index contributed by atoms with van der Waals surface area (Å²) in [4.78, 5) is 0. The lowest BCUT2D eigenvalue weighted by molar-refractivity contribution is 0.457. The van der Waals surface area contributed by atoms with Gasteiger partial charge in [-0.3, -0.25) is 0 Å². The maximum Gasteiger partial charge on any atom is 0.0294 e. The first-order valence-corrected chi connectivity index (χ1v) is 7.90. The Morgan fingerprint density at radius 1 is 0.950 bits per heavy atom. The Balaban J connectivity index is 2.04. The molecule has 0 heterocycles. The molecule has 1 saturated carbocycles. The second kappa shape index (κ2) is 4.87. The molecule has 1 unspecified atom stereocenters. The van der Waals surface area contributed by atoms with Gasteiger partial charge in [0.05, 0.1) is 0 Å². The number of aryl methyl sites for hydroxylation is 3. The van der Waals surface area contributed by atoms with E-state index in [4.69, 9.17) is 0 Å². The van der Waals surface area contributed by atoms with Crippen molar-refractivity contribution < 1.29 is 0 Å². The number of rotatable bonds is 4. The van der Waals surface area contributed by atoms with E-state index in [-0.39, 0.29) is 0 Å². The lowest BCUT2D eigenvalue weighted by atomic mass is 9.96. The van der Waals surface area contributed by atoms with Crippen LogP contribution in [0.25, 0.3) is 0 Å². The fraction of sp³-hybridized carbons (Fsp3) is 0.684. The van der Waals surface area contributed by atoms with Crippen LogP contribution in [0.15, 0.2) is 12.1 Å². The highest BCUT2D eigenvalue weighted by Crippen LogP contribution is 2.68. The Bertz CT molecular complexity index is 497. The molecule has 0 aliphatic heterocycles. The molecular weight excluding hydrogens is 242 g/mol. The van der Waals surface area contributed by atoms with Crippen LogP contribution in [0.5, 0.6) is 0 Å². The topological polar surface area (TPSA) is 12.0 Å². The highest BCUT2D eigenvalue weighted by Gasteiger charge is 2.63. The summed E-state index contributed by atoms with van der Waals surface area (Å²) in [6.07, 6.45) is 0. The van der Waals surface area contributed by atoms with E-state index in [0.717, 1.165) is 12.5 Å². The SMILES string of the molecule is Cc1cc(C)c(C(C)NCC2C(C)(C)C2(C)C)cc1C. The van der Waals surface area contributed by atoms with Crippen LogP contribution in [-0.4, -0.2) is 6.54 Å². The highest BCUT2D eigenvalue weighted by molar-refractivity contribution is 5.38. The monoisotopic (exact) mass is 273 g/mol. The van der Waals surface area contributed by atoms with Crippen LogP contribution >= 0.6 is 0 Å². The predicted octanol–water partition coefficient (Wildman–Crippen LogP) is 4.94. The van der Waals surface area contributed by atoms with Crippen molar-refractivity contribution in [3.05, 3.63) is 34.4 Å². The Labute approximate surface area is 125 Å². The molecule has 1 fully saturated rings. The predicted molar refractivity (Wildman–Crippen MR) is 88.1 cm³/mol. The van der Waals surface area contributed by atoms with E-state index in [2.05, 4.69) is 72.8 Å². The minimum absolute atomic E-state index is 0.432. The van der Waals surface area contributed by atoms with Crippen LogP contribution < -0.4 is 5.32 Å². The van der Waals surface area contributed by atoms with Gasteiger partial charge in [-0.25, -0.2) is 0 Å². The number of hydrogen-bond acceptors (Lipinski definition) is 1. The van der Waals surface area contributed by atoms with Gasteiger partial charge in [-0.15, -0.1) is 0 Å². The van der Waals surface area contributed by atoms with E-state index in [1.165, 1.54) is 22.3 Å². The second-order valence-corrected chi connectivity index (χ2v) is 7.92. The van der Waals surface area contributed by atoms with Crippen molar-refractivity contribution in [2.24, 2.45) is 16.7 Å². The molecule has 0 bridgehead atoms. The molecule has 0 amide bonds. The molecule has 0 saturated heterocycles. The fourth-order valence-corrected chi connectivity index (χ4v) is 3.70. The summed E-state index contributed by atoms with van der Waals surface area (Å²) in [6.45, 7) is 19.6. The molecule has 0 aromatic heterocycles. The fourth-order valence-electron chi connectivity index (χ4n) is 3.70. The Morgan fingerprint density at radius 3 is 1.95 bits per heavy atom. The Morgan fingerprint density at radius 2 is 1.45 bits per heavy atom. The molecule has 1 nitrogen and oxygen atoms in total. The van der Waals surface area contributed by atoms with Gasteiger partial charge < -0.3 is 5.32 Å². The highest BCUT2D eigenvalue weighted by atomic mass is 14.9. The van der Waals surface area contributed by atoms with Crippen molar-refractivity contribution in [2.75, 3.05) is 6.54 Å². The van der Waals surface area contributed by atoms with Crippen LogP contribution in [0.1, 0.15) is 62.9 Å². The lowest BCUT2D eigenvalue weighted by Gasteiger charge is -2.19. The third-order valence-corrected chi connectivity index (χ3v) is 6.30. The van der Waals surface area contributed by atoms with Gasteiger partial charge in [-0.2, -0.15) is 0 Å². The third-order valence-electron chi connectivity index (χ3n) is 6.30. The molecule has 20 heavy (non-hydrogen) atoms. The minimum Gasteiger partial charge on any atom is -0.310 e. The van der Waals surface area contributed by atoms with Crippen molar-refractivity contribution >= 4 is 0 Å². The van der Waals surface area contributed by atoms with Crippen LogP contribution in [0.2, 0.25) is 0 Å². The van der Waals surface area contributed by atoms with E-state index >= 15 is 0 Å². The summed E-state index contributed by atoms with van der Waals surface area (Å²) in [5, 5.41) is 3.76.